The van der Waals surface area contributed by atoms with Gasteiger partial charge in [0.25, 0.3) is 0 Å². The van der Waals surface area contributed by atoms with Crippen molar-refractivity contribution in [2.24, 2.45) is 5.92 Å². The highest BCUT2D eigenvalue weighted by Gasteiger charge is 2.28. The molecule has 0 amide bonds. The summed E-state index contributed by atoms with van der Waals surface area (Å²) in [5.41, 5.74) is 1.89. The third-order valence-corrected chi connectivity index (χ3v) is 3.88. The number of ether oxygens (including phenoxy) is 2. The quantitative estimate of drug-likeness (QED) is 0.571. The van der Waals surface area contributed by atoms with Crippen molar-refractivity contribution in [1.82, 2.24) is 0 Å². The van der Waals surface area contributed by atoms with E-state index < -0.39 is 24.0 Å². The largest absolute Gasteiger partial charge is 0.469 e. The highest BCUT2D eigenvalue weighted by Crippen LogP contribution is 2.17. The van der Waals surface area contributed by atoms with Crippen LogP contribution in [0.2, 0.25) is 0 Å². The number of methoxy groups -OCH3 is 1. The second-order valence-electron chi connectivity index (χ2n) is 5.71. The first-order chi connectivity index (χ1) is 12.1. The van der Waals surface area contributed by atoms with Crippen LogP contribution < -0.4 is 0 Å². The van der Waals surface area contributed by atoms with Crippen molar-refractivity contribution >= 4 is 18.0 Å². The zero-order chi connectivity index (χ0) is 18.1. The molecule has 0 aromatic heterocycles. The Bertz CT molecular complexity index is 707. The van der Waals surface area contributed by atoms with Crippen LogP contribution in [0.15, 0.2) is 66.7 Å². The van der Waals surface area contributed by atoms with E-state index in [1.165, 1.54) is 13.2 Å². The van der Waals surface area contributed by atoms with Gasteiger partial charge in [-0.1, -0.05) is 60.7 Å². The van der Waals surface area contributed by atoms with Crippen LogP contribution in [-0.2, 0) is 25.5 Å². The fourth-order valence-electron chi connectivity index (χ4n) is 2.49. The number of esters is 2. The highest BCUT2D eigenvalue weighted by molar-refractivity contribution is 5.87. The van der Waals surface area contributed by atoms with Crippen LogP contribution in [0.1, 0.15) is 18.1 Å². The molecule has 0 fully saturated rings. The normalized spacial score (nSPS) is 13.2. The average molecular weight is 338 g/mol. The van der Waals surface area contributed by atoms with Crippen molar-refractivity contribution in [2.75, 3.05) is 7.11 Å². The lowest BCUT2D eigenvalue weighted by molar-refractivity contribution is -0.156. The summed E-state index contributed by atoms with van der Waals surface area (Å²) in [6.07, 6.45) is 2.90. The number of benzene rings is 2. The van der Waals surface area contributed by atoms with Crippen LogP contribution in [0.5, 0.6) is 0 Å². The highest BCUT2D eigenvalue weighted by atomic mass is 16.6. The summed E-state index contributed by atoms with van der Waals surface area (Å²) in [6.45, 7) is 1.71. The summed E-state index contributed by atoms with van der Waals surface area (Å²) < 4.78 is 10.3. The Kier molecular flexibility index (Phi) is 6.96. The Morgan fingerprint density at radius 3 is 2.20 bits per heavy atom. The van der Waals surface area contributed by atoms with Crippen LogP contribution in [0.25, 0.3) is 6.08 Å². The van der Waals surface area contributed by atoms with Gasteiger partial charge in [-0.25, -0.2) is 4.79 Å². The monoisotopic (exact) mass is 338 g/mol. The van der Waals surface area contributed by atoms with Gasteiger partial charge in [-0.05, 0) is 30.5 Å². The molecule has 0 saturated carbocycles. The van der Waals surface area contributed by atoms with Crippen molar-refractivity contribution in [2.45, 2.75) is 19.4 Å². The van der Waals surface area contributed by atoms with Gasteiger partial charge in [0, 0.05) is 6.08 Å². The van der Waals surface area contributed by atoms with Crippen LogP contribution in [0.3, 0.4) is 0 Å². The maximum atomic E-state index is 12.1. The third kappa shape index (κ3) is 5.92. The minimum atomic E-state index is -0.597. The summed E-state index contributed by atoms with van der Waals surface area (Å²) in [6, 6.07) is 19.0. The van der Waals surface area contributed by atoms with Gasteiger partial charge in [0.15, 0.2) is 0 Å². The zero-order valence-corrected chi connectivity index (χ0v) is 14.4. The number of rotatable bonds is 7. The molecule has 0 radical (unpaired) electrons. The van der Waals surface area contributed by atoms with E-state index in [0.717, 1.165) is 11.1 Å². The van der Waals surface area contributed by atoms with Crippen molar-refractivity contribution in [3.05, 3.63) is 77.9 Å². The third-order valence-electron chi connectivity index (χ3n) is 3.88. The lowest BCUT2D eigenvalue weighted by Crippen LogP contribution is -2.32. The van der Waals surface area contributed by atoms with E-state index >= 15 is 0 Å². The molecule has 0 bridgehead atoms. The molecule has 25 heavy (non-hydrogen) atoms. The molecule has 0 aliphatic carbocycles. The van der Waals surface area contributed by atoms with Gasteiger partial charge in [-0.3, -0.25) is 4.79 Å². The molecular weight excluding hydrogens is 316 g/mol. The average Bonchev–Trinajstić information content (AvgIpc) is 2.65. The first kappa shape index (κ1) is 18.5. The Morgan fingerprint density at radius 2 is 1.60 bits per heavy atom. The van der Waals surface area contributed by atoms with E-state index in [9.17, 15) is 9.59 Å². The molecule has 0 N–H and O–H groups in total. The summed E-state index contributed by atoms with van der Waals surface area (Å²) in [4.78, 5) is 24.1. The molecule has 0 aliphatic rings. The summed E-state index contributed by atoms with van der Waals surface area (Å²) >= 11 is 0. The molecule has 2 rings (SSSR count). The van der Waals surface area contributed by atoms with E-state index in [-0.39, 0.29) is 0 Å². The van der Waals surface area contributed by atoms with Gasteiger partial charge >= 0.3 is 11.9 Å². The fourth-order valence-corrected chi connectivity index (χ4v) is 2.49. The van der Waals surface area contributed by atoms with Crippen molar-refractivity contribution < 1.29 is 19.1 Å². The second kappa shape index (κ2) is 9.42. The molecule has 2 atom stereocenters. The molecule has 130 valence electrons. The maximum absolute atomic E-state index is 12.1. The maximum Gasteiger partial charge on any atom is 0.331 e. The van der Waals surface area contributed by atoms with Gasteiger partial charge < -0.3 is 9.47 Å². The lowest BCUT2D eigenvalue weighted by atomic mass is 9.95. The number of hydrogen-bond acceptors (Lipinski definition) is 4. The number of carbonyl (C=O) groups is 2. The van der Waals surface area contributed by atoms with Crippen LogP contribution in [0.4, 0.5) is 0 Å². The van der Waals surface area contributed by atoms with Crippen LogP contribution in [0, 0.1) is 5.92 Å². The second-order valence-corrected chi connectivity index (χ2v) is 5.71. The van der Waals surface area contributed by atoms with Gasteiger partial charge in [0.2, 0.25) is 0 Å². The van der Waals surface area contributed by atoms with E-state index in [0.29, 0.717) is 6.42 Å². The Morgan fingerprint density at radius 1 is 1.00 bits per heavy atom. The van der Waals surface area contributed by atoms with E-state index in [4.69, 9.17) is 9.47 Å². The molecule has 2 aromatic rings. The predicted octanol–water partition coefficient (Wildman–Crippen LogP) is 3.66. The Hall–Kier alpha value is -2.88. The molecule has 0 saturated heterocycles. The first-order valence-electron chi connectivity index (χ1n) is 8.15. The van der Waals surface area contributed by atoms with E-state index in [1.54, 1.807) is 13.0 Å². The van der Waals surface area contributed by atoms with Crippen molar-refractivity contribution in [1.29, 1.82) is 0 Å². The minimum absolute atomic E-state index is 0.392. The zero-order valence-electron chi connectivity index (χ0n) is 14.4. The standard InChI is InChI=1S/C21H22O4/c1-16(25-20(22)14-13-17-9-5-3-6-10-17)19(21(23)24-2)15-18-11-7-4-8-12-18/h3-14,16,19H,15H2,1-2H3. The Balaban J connectivity index is 2.01. The molecule has 2 aromatic carbocycles. The smallest absolute Gasteiger partial charge is 0.331 e. The van der Waals surface area contributed by atoms with E-state index in [2.05, 4.69) is 0 Å². The molecular formula is C21H22O4. The molecule has 0 spiro atoms. The SMILES string of the molecule is COC(=O)C(Cc1ccccc1)C(C)OC(=O)C=Cc1ccccc1. The van der Waals surface area contributed by atoms with Gasteiger partial charge in [0.1, 0.15) is 6.10 Å². The summed E-state index contributed by atoms with van der Waals surface area (Å²) in [7, 11) is 1.34. The van der Waals surface area contributed by atoms with E-state index in [1.807, 2.05) is 60.7 Å². The minimum Gasteiger partial charge on any atom is -0.469 e. The van der Waals surface area contributed by atoms with Gasteiger partial charge in [-0.2, -0.15) is 0 Å². The summed E-state index contributed by atoms with van der Waals surface area (Å²) in [5, 5.41) is 0. The molecule has 2 unspecified atom stereocenters. The molecule has 4 heteroatoms. The molecule has 4 nitrogen and oxygen atoms in total. The molecule has 0 aliphatic heterocycles. The van der Waals surface area contributed by atoms with Gasteiger partial charge in [-0.15, -0.1) is 0 Å². The van der Waals surface area contributed by atoms with Gasteiger partial charge in [0.05, 0.1) is 13.0 Å². The first-order valence-corrected chi connectivity index (χ1v) is 8.15. The summed E-state index contributed by atoms with van der Waals surface area (Å²) in [5.74, 6) is -1.43. The number of carbonyl (C=O) groups excluding carboxylic acids is 2. The topological polar surface area (TPSA) is 52.6 Å². The lowest BCUT2D eigenvalue weighted by Gasteiger charge is -2.21. The predicted molar refractivity (Wildman–Crippen MR) is 96.7 cm³/mol. The van der Waals surface area contributed by atoms with Crippen molar-refractivity contribution in [3.8, 4) is 0 Å². The Labute approximate surface area is 148 Å². The number of hydrogen-bond donors (Lipinski definition) is 0. The van der Waals surface area contributed by atoms with Crippen molar-refractivity contribution in [3.63, 3.8) is 0 Å². The fraction of sp³-hybridized carbons (Fsp3) is 0.238. The van der Waals surface area contributed by atoms with Crippen LogP contribution >= 0.6 is 0 Å². The molecule has 0 heterocycles. The van der Waals surface area contributed by atoms with Crippen LogP contribution in [-0.4, -0.2) is 25.2 Å².